The summed E-state index contributed by atoms with van der Waals surface area (Å²) >= 11 is 0. The van der Waals surface area contributed by atoms with Crippen LogP contribution >= 0.6 is 0 Å². The van der Waals surface area contributed by atoms with Gasteiger partial charge in [0.25, 0.3) is 0 Å². The number of hydrogen-bond donors (Lipinski definition) is 2. The fraction of sp³-hybridized carbons (Fsp3) is 0.333. The quantitative estimate of drug-likeness (QED) is 0.756. The molecule has 4 heteroatoms. The molecule has 1 aromatic carbocycles. The van der Waals surface area contributed by atoms with Gasteiger partial charge in [0.1, 0.15) is 5.75 Å². The van der Waals surface area contributed by atoms with Crippen molar-refractivity contribution in [2.45, 2.75) is 19.3 Å². The lowest BCUT2D eigenvalue weighted by Crippen LogP contribution is -2.29. The summed E-state index contributed by atoms with van der Waals surface area (Å²) in [7, 11) is 0. The summed E-state index contributed by atoms with van der Waals surface area (Å²) in [6.07, 6.45) is -0.0406. The van der Waals surface area contributed by atoms with E-state index < -0.39 is 11.9 Å². The van der Waals surface area contributed by atoms with Crippen LogP contribution < -0.4 is 0 Å². The van der Waals surface area contributed by atoms with Crippen molar-refractivity contribution in [3.8, 4) is 5.75 Å². The van der Waals surface area contributed by atoms with Gasteiger partial charge in [-0.15, -0.1) is 0 Å². The summed E-state index contributed by atoms with van der Waals surface area (Å²) in [5.74, 6) is -2.26. The topological polar surface area (TPSA) is 74.6 Å². The van der Waals surface area contributed by atoms with Crippen molar-refractivity contribution in [2.75, 3.05) is 0 Å². The van der Waals surface area contributed by atoms with Gasteiger partial charge in [0.2, 0.25) is 0 Å². The van der Waals surface area contributed by atoms with E-state index in [4.69, 9.17) is 5.11 Å². The van der Waals surface area contributed by atoms with Gasteiger partial charge >= 0.3 is 5.97 Å². The Balaban J connectivity index is 2.55. The molecule has 84 valence electrons. The van der Waals surface area contributed by atoms with Gasteiger partial charge in [-0.25, -0.2) is 0 Å². The highest BCUT2D eigenvalue weighted by atomic mass is 16.4. The van der Waals surface area contributed by atoms with E-state index in [0.29, 0.717) is 5.56 Å². The SMILES string of the molecule is C[C@H]1c2cccc(O)c2C(=O)C[C@@H]1C(=O)O. The molecule has 1 aromatic rings. The normalized spacial score (nSPS) is 23.9. The Morgan fingerprint density at radius 3 is 2.75 bits per heavy atom. The number of carbonyl (C=O) groups excluding carboxylic acids is 1. The zero-order valence-corrected chi connectivity index (χ0v) is 8.80. The fourth-order valence-electron chi connectivity index (χ4n) is 2.24. The lowest BCUT2D eigenvalue weighted by Gasteiger charge is -2.27. The van der Waals surface area contributed by atoms with Crippen molar-refractivity contribution < 1.29 is 19.8 Å². The minimum atomic E-state index is -0.963. The van der Waals surface area contributed by atoms with Crippen LogP contribution in [0.3, 0.4) is 0 Å². The van der Waals surface area contributed by atoms with E-state index in [1.807, 2.05) is 0 Å². The third kappa shape index (κ3) is 1.46. The van der Waals surface area contributed by atoms with Crippen LogP contribution in [0.4, 0.5) is 0 Å². The highest BCUT2D eigenvalue weighted by molar-refractivity contribution is 6.03. The molecular weight excluding hydrogens is 208 g/mol. The van der Waals surface area contributed by atoms with Gasteiger partial charge in [-0.1, -0.05) is 19.1 Å². The molecule has 2 rings (SSSR count). The van der Waals surface area contributed by atoms with Crippen molar-refractivity contribution in [3.05, 3.63) is 29.3 Å². The van der Waals surface area contributed by atoms with Gasteiger partial charge in [-0.05, 0) is 17.5 Å². The number of aromatic hydroxyl groups is 1. The Kier molecular flexibility index (Phi) is 2.42. The number of aliphatic carboxylic acids is 1. The van der Waals surface area contributed by atoms with Gasteiger partial charge in [-0.3, -0.25) is 9.59 Å². The summed E-state index contributed by atoms with van der Waals surface area (Å²) < 4.78 is 0. The number of Topliss-reactive ketones (excluding diaryl/α,β-unsaturated/α-hetero) is 1. The number of fused-ring (bicyclic) bond motifs is 1. The summed E-state index contributed by atoms with van der Waals surface area (Å²) in [5.41, 5.74) is 0.913. The molecule has 0 radical (unpaired) electrons. The second kappa shape index (κ2) is 3.63. The molecule has 0 fully saturated rings. The summed E-state index contributed by atoms with van der Waals surface area (Å²) in [5, 5.41) is 18.6. The maximum absolute atomic E-state index is 11.7. The van der Waals surface area contributed by atoms with E-state index in [2.05, 4.69) is 0 Å². The largest absolute Gasteiger partial charge is 0.507 e. The number of carbonyl (C=O) groups is 2. The van der Waals surface area contributed by atoms with Crippen LogP contribution in [0, 0.1) is 5.92 Å². The number of carboxylic acids is 1. The maximum atomic E-state index is 11.7. The minimum Gasteiger partial charge on any atom is -0.507 e. The van der Waals surface area contributed by atoms with E-state index in [-0.39, 0.29) is 29.4 Å². The van der Waals surface area contributed by atoms with Crippen molar-refractivity contribution in [3.63, 3.8) is 0 Å². The summed E-state index contributed by atoms with van der Waals surface area (Å²) in [6, 6.07) is 4.78. The molecule has 0 unspecified atom stereocenters. The Morgan fingerprint density at radius 1 is 1.44 bits per heavy atom. The van der Waals surface area contributed by atoms with Crippen molar-refractivity contribution in [2.24, 2.45) is 5.92 Å². The van der Waals surface area contributed by atoms with Crippen molar-refractivity contribution >= 4 is 11.8 Å². The third-order valence-electron chi connectivity index (χ3n) is 3.17. The van der Waals surface area contributed by atoms with Gasteiger partial charge in [-0.2, -0.15) is 0 Å². The Morgan fingerprint density at radius 2 is 2.12 bits per heavy atom. The standard InChI is InChI=1S/C12H12O4/c1-6-7-3-2-4-9(13)11(7)10(14)5-8(6)12(15)16/h2-4,6,8,13H,5H2,1H3,(H,15,16)/t6-,8-/m0/s1. The Bertz CT molecular complexity index is 464. The molecular formula is C12H12O4. The maximum Gasteiger partial charge on any atom is 0.307 e. The predicted molar refractivity (Wildman–Crippen MR) is 56.6 cm³/mol. The molecule has 1 aliphatic carbocycles. The van der Waals surface area contributed by atoms with Crippen LogP contribution in [-0.2, 0) is 4.79 Å². The van der Waals surface area contributed by atoms with Crippen molar-refractivity contribution in [1.82, 2.24) is 0 Å². The van der Waals surface area contributed by atoms with Crippen LogP contribution in [0.5, 0.6) is 5.75 Å². The Hall–Kier alpha value is -1.84. The van der Waals surface area contributed by atoms with E-state index >= 15 is 0 Å². The van der Waals surface area contributed by atoms with Gasteiger partial charge in [0.15, 0.2) is 5.78 Å². The average Bonchev–Trinajstić information content (AvgIpc) is 2.22. The Labute approximate surface area is 92.5 Å². The average molecular weight is 220 g/mol. The molecule has 0 spiro atoms. The van der Waals surface area contributed by atoms with Crippen LogP contribution in [0.25, 0.3) is 0 Å². The first-order chi connectivity index (χ1) is 7.52. The smallest absolute Gasteiger partial charge is 0.307 e. The molecule has 4 nitrogen and oxygen atoms in total. The molecule has 0 aromatic heterocycles. The number of ketones is 1. The number of phenols is 1. The summed E-state index contributed by atoms with van der Waals surface area (Å²) in [6.45, 7) is 1.77. The van der Waals surface area contributed by atoms with Crippen LogP contribution in [0.2, 0.25) is 0 Å². The first-order valence-corrected chi connectivity index (χ1v) is 5.10. The fourth-order valence-corrected chi connectivity index (χ4v) is 2.24. The number of phenolic OH excluding ortho intramolecular Hbond substituents is 1. The molecule has 0 saturated carbocycles. The molecule has 2 atom stereocenters. The third-order valence-corrected chi connectivity index (χ3v) is 3.17. The first kappa shape index (κ1) is 10.7. The van der Waals surface area contributed by atoms with Crippen LogP contribution in [0.1, 0.15) is 35.2 Å². The number of benzene rings is 1. The molecule has 0 aliphatic heterocycles. The minimum absolute atomic E-state index is 0.0406. The molecule has 2 N–H and O–H groups in total. The number of hydrogen-bond acceptors (Lipinski definition) is 3. The monoisotopic (exact) mass is 220 g/mol. The zero-order chi connectivity index (χ0) is 11.9. The predicted octanol–water partition coefficient (Wildman–Crippen LogP) is 1.78. The zero-order valence-electron chi connectivity index (χ0n) is 8.80. The number of carboxylic acid groups (broad SMARTS) is 1. The van der Waals surface area contributed by atoms with E-state index in [0.717, 1.165) is 0 Å². The van der Waals surface area contributed by atoms with E-state index in [1.54, 1.807) is 19.1 Å². The second-order valence-electron chi connectivity index (χ2n) is 4.10. The highest BCUT2D eigenvalue weighted by Crippen LogP contribution is 2.39. The highest BCUT2D eigenvalue weighted by Gasteiger charge is 2.36. The van der Waals surface area contributed by atoms with Crippen LogP contribution in [-0.4, -0.2) is 22.0 Å². The molecule has 0 heterocycles. The van der Waals surface area contributed by atoms with Crippen molar-refractivity contribution in [1.29, 1.82) is 0 Å². The van der Waals surface area contributed by atoms with E-state index in [9.17, 15) is 14.7 Å². The molecule has 1 aliphatic rings. The first-order valence-electron chi connectivity index (χ1n) is 5.10. The number of rotatable bonds is 1. The van der Waals surface area contributed by atoms with Crippen LogP contribution in [0.15, 0.2) is 18.2 Å². The summed E-state index contributed by atoms with van der Waals surface area (Å²) in [4.78, 5) is 22.7. The molecule has 0 amide bonds. The molecule has 16 heavy (non-hydrogen) atoms. The molecule has 0 saturated heterocycles. The van der Waals surface area contributed by atoms with E-state index in [1.165, 1.54) is 6.07 Å². The van der Waals surface area contributed by atoms with Gasteiger partial charge in [0.05, 0.1) is 11.5 Å². The van der Waals surface area contributed by atoms with Gasteiger partial charge < -0.3 is 10.2 Å². The van der Waals surface area contributed by atoms with Gasteiger partial charge in [0, 0.05) is 6.42 Å². The lowest BCUT2D eigenvalue weighted by molar-refractivity contribution is -0.142. The lowest BCUT2D eigenvalue weighted by atomic mass is 9.75. The molecule has 0 bridgehead atoms. The second-order valence-corrected chi connectivity index (χ2v) is 4.10.